The quantitative estimate of drug-likeness (QED) is 0.824. The van der Waals surface area contributed by atoms with Crippen LogP contribution in [0.2, 0.25) is 0 Å². The highest BCUT2D eigenvalue weighted by atomic mass is 79.9. The van der Waals surface area contributed by atoms with Crippen molar-refractivity contribution in [1.82, 2.24) is 0 Å². The van der Waals surface area contributed by atoms with Gasteiger partial charge in [-0.1, -0.05) is 22.0 Å². The molecule has 1 aliphatic rings. The van der Waals surface area contributed by atoms with Crippen molar-refractivity contribution in [2.45, 2.75) is 12.6 Å². The molecule has 1 aromatic rings. The maximum Gasteiger partial charge on any atom is 0.412 e. The molecule has 0 unspecified atom stereocenters. The molecule has 0 radical (unpaired) electrons. The number of aromatic carboxylic acids is 1. The second-order valence-electron chi connectivity index (χ2n) is 4.39. The zero-order valence-electron chi connectivity index (χ0n) is 10.2. The van der Waals surface area contributed by atoms with Gasteiger partial charge in [-0.25, -0.2) is 4.79 Å². The molecule has 108 valence electrons. The summed E-state index contributed by atoms with van der Waals surface area (Å²) in [5.74, 6) is -1.10. The SMILES string of the molecule is O=C(O)c1ccc(Br)cc1N1CC=C(C(F)(F)F)CC1. The Balaban J connectivity index is 2.29. The first-order valence-electron chi connectivity index (χ1n) is 5.83. The Kier molecular flexibility index (Phi) is 4.08. The number of benzene rings is 1. The van der Waals surface area contributed by atoms with Crippen LogP contribution >= 0.6 is 15.9 Å². The van der Waals surface area contributed by atoms with E-state index in [4.69, 9.17) is 5.11 Å². The Morgan fingerprint density at radius 1 is 1.35 bits per heavy atom. The van der Waals surface area contributed by atoms with E-state index >= 15 is 0 Å². The van der Waals surface area contributed by atoms with Gasteiger partial charge < -0.3 is 10.0 Å². The van der Waals surface area contributed by atoms with Gasteiger partial charge in [0.2, 0.25) is 0 Å². The summed E-state index contributed by atoms with van der Waals surface area (Å²) in [5.41, 5.74) is -0.0537. The first-order valence-corrected chi connectivity index (χ1v) is 6.62. The number of carbonyl (C=O) groups is 1. The van der Waals surface area contributed by atoms with Crippen LogP contribution in [-0.2, 0) is 0 Å². The molecule has 0 saturated carbocycles. The molecular weight excluding hydrogens is 339 g/mol. The van der Waals surface area contributed by atoms with Crippen molar-refractivity contribution in [2.24, 2.45) is 0 Å². The van der Waals surface area contributed by atoms with Crippen LogP contribution in [-0.4, -0.2) is 30.3 Å². The second-order valence-corrected chi connectivity index (χ2v) is 5.31. The molecule has 1 aliphatic heterocycles. The molecule has 0 amide bonds. The number of carboxylic acids is 1. The first kappa shape index (κ1) is 14.9. The van der Waals surface area contributed by atoms with Gasteiger partial charge in [0.15, 0.2) is 0 Å². The Labute approximate surface area is 121 Å². The van der Waals surface area contributed by atoms with E-state index < -0.39 is 17.7 Å². The number of anilines is 1. The van der Waals surface area contributed by atoms with Gasteiger partial charge in [0.1, 0.15) is 0 Å². The molecule has 0 spiro atoms. The molecule has 0 bridgehead atoms. The van der Waals surface area contributed by atoms with Gasteiger partial charge >= 0.3 is 12.1 Å². The lowest BCUT2D eigenvalue weighted by atomic mass is 10.1. The topological polar surface area (TPSA) is 40.5 Å². The number of carboxylic acid groups (broad SMARTS) is 1. The van der Waals surface area contributed by atoms with E-state index in [-0.39, 0.29) is 25.1 Å². The molecule has 0 saturated heterocycles. The minimum atomic E-state index is -4.31. The molecular formula is C13H11BrF3NO2. The minimum absolute atomic E-state index is 0.0472. The molecule has 0 aromatic heterocycles. The molecule has 1 heterocycles. The molecule has 0 aliphatic carbocycles. The smallest absolute Gasteiger partial charge is 0.412 e. The average molecular weight is 350 g/mol. The van der Waals surface area contributed by atoms with Gasteiger partial charge in [0.25, 0.3) is 0 Å². The summed E-state index contributed by atoms with van der Waals surface area (Å²) in [6.45, 7) is 0.188. The second kappa shape index (κ2) is 5.47. The summed E-state index contributed by atoms with van der Waals surface area (Å²) >= 11 is 3.24. The zero-order chi connectivity index (χ0) is 14.9. The maximum atomic E-state index is 12.6. The Hall–Kier alpha value is -1.50. The lowest BCUT2D eigenvalue weighted by molar-refractivity contribution is -0.0944. The summed E-state index contributed by atoms with van der Waals surface area (Å²) in [7, 11) is 0. The summed E-state index contributed by atoms with van der Waals surface area (Å²) in [6.07, 6.45) is -3.34. The van der Waals surface area contributed by atoms with Crippen LogP contribution in [0, 0.1) is 0 Å². The lowest BCUT2D eigenvalue weighted by Gasteiger charge is -2.30. The zero-order valence-corrected chi connectivity index (χ0v) is 11.8. The van der Waals surface area contributed by atoms with Gasteiger partial charge in [-0.2, -0.15) is 13.2 Å². The van der Waals surface area contributed by atoms with Crippen molar-refractivity contribution in [2.75, 3.05) is 18.0 Å². The fourth-order valence-corrected chi connectivity index (χ4v) is 2.44. The number of nitrogens with zero attached hydrogens (tertiary/aromatic N) is 1. The van der Waals surface area contributed by atoms with E-state index in [0.717, 1.165) is 6.08 Å². The third-order valence-electron chi connectivity index (χ3n) is 3.10. The van der Waals surface area contributed by atoms with Crippen LogP contribution in [0.25, 0.3) is 0 Å². The molecule has 0 atom stereocenters. The molecule has 0 fully saturated rings. The summed E-state index contributed by atoms with van der Waals surface area (Å²) in [6, 6.07) is 4.63. The fourth-order valence-electron chi connectivity index (χ4n) is 2.09. The molecule has 1 aromatic carbocycles. The Morgan fingerprint density at radius 3 is 2.55 bits per heavy atom. The van der Waals surface area contributed by atoms with E-state index in [1.807, 2.05) is 0 Å². The minimum Gasteiger partial charge on any atom is -0.478 e. The van der Waals surface area contributed by atoms with Crippen molar-refractivity contribution in [3.05, 3.63) is 39.9 Å². The van der Waals surface area contributed by atoms with Crippen LogP contribution in [0.1, 0.15) is 16.8 Å². The van der Waals surface area contributed by atoms with Crippen LogP contribution < -0.4 is 4.90 Å². The van der Waals surface area contributed by atoms with Crippen molar-refractivity contribution in [3.63, 3.8) is 0 Å². The number of alkyl halides is 3. The Morgan fingerprint density at radius 2 is 2.05 bits per heavy atom. The van der Waals surface area contributed by atoms with Crippen molar-refractivity contribution >= 4 is 27.6 Å². The normalized spacial score (nSPS) is 16.0. The highest BCUT2D eigenvalue weighted by Gasteiger charge is 2.35. The van der Waals surface area contributed by atoms with Gasteiger partial charge in [-0.15, -0.1) is 0 Å². The molecule has 3 nitrogen and oxygen atoms in total. The van der Waals surface area contributed by atoms with Crippen LogP contribution in [0.4, 0.5) is 18.9 Å². The first-order chi connectivity index (χ1) is 9.29. The molecule has 2 rings (SSSR count). The van der Waals surface area contributed by atoms with E-state index in [0.29, 0.717) is 10.2 Å². The highest BCUT2D eigenvalue weighted by Crippen LogP contribution is 2.33. The largest absolute Gasteiger partial charge is 0.478 e. The molecule has 1 N–H and O–H groups in total. The third-order valence-corrected chi connectivity index (χ3v) is 3.60. The van der Waals surface area contributed by atoms with E-state index in [9.17, 15) is 18.0 Å². The standard InChI is InChI=1S/C13H11BrF3NO2/c14-9-1-2-10(12(19)20)11(7-9)18-5-3-8(4-6-18)13(15,16)17/h1-3,7H,4-6H2,(H,19,20). The summed E-state index contributed by atoms with van der Waals surface area (Å²) < 4.78 is 38.3. The predicted octanol–water partition coefficient (Wildman–Crippen LogP) is 3.85. The van der Waals surface area contributed by atoms with E-state index in [1.54, 1.807) is 17.0 Å². The van der Waals surface area contributed by atoms with Crippen molar-refractivity contribution in [1.29, 1.82) is 0 Å². The van der Waals surface area contributed by atoms with Crippen molar-refractivity contribution < 1.29 is 23.1 Å². The van der Waals surface area contributed by atoms with Gasteiger partial charge in [0, 0.05) is 23.1 Å². The maximum absolute atomic E-state index is 12.6. The van der Waals surface area contributed by atoms with Crippen LogP contribution in [0.5, 0.6) is 0 Å². The highest BCUT2D eigenvalue weighted by molar-refractivity contribution is 9.10. The van der Waals surface area contributed by atoms with Crippen LogP contribution in [0.3, 0.4) is 0 Å². The molecule has 7 heteroatoms. The van der Waals surface area contributed by atoms with Crippen molar-refractivity contribution in [3.8, 4) is 0 Å². The molecule has 20 heavy (non-hydrogen) atoms. The average Bonchev–Trinajstić information content (AvgIpc) is 2.37. The van der Waals surface area contributed by atoms with Gasteiger partial charge in [0.05, 0.1) is 11.3 Å². The van der Waals surface area contributed by atoms with E-state index in [1.165, 1.54) is 6.07 Å². The van der Waals surface area contributed by atoms with E-state index in [2.05, 4.69) is 15.9 Å². The Bertz CT molecular complexity index is 569. The summed E-state index contributed by atoms with van der Waals surface area (Å²) in [5, 5.41) is 9.13. The number of halogens is 4. The lowest BCUT2D eigenvalue weighted by Crippen LogP contribution is -2.32. The predicted molar refractivity (Wildman–Crippen MR) is 72.1 cm³/mol. The van der Waals surface area contributed by atoms with Crippen LogP contribution in [0.15, 0.2) is 34.3 Å². The number of hydrogen-bond acceptors (Lipinski definition) is 2. The number of hydrogen-bond donors (Lipinski definition) is 1. The third kappa shape index (κ3) is 3.15. The summed E-state index contributed by atoms with van der Waals surface area (Å²) in [4.78, 5) is 12.8. The number of rotatable bonds is 2. The van der Waals surface area contributed by atoms with Gasteiger partial charge in [-0.3, -0.25) is 0 Å². The fraction of sp³-hybridized carbons (Fsp3) is 0.308. The van der Waals surface area contributed by atoms with Gasteiger partial charge in [-0.05, 0) is 24.6 Å². The monoisotopic (exact) mass is 349 g/mol.